The molecule has 2 aromatic carbocycles. The molecule has 3 aromatic rings. The molecule has 3 rings (SSSR count). The Labute approximate surface area is 157 Å². The minimum absolute atomic E-state index is 0.336. The molecule has 0 atom stereocenters. The van der Waals surface area contributed by atoms with Crippen LogP contribution in [0.25, 0.3) is 10.9 Å². The Kier molecular flexibility index (Phi) is 5.43. The number of benzene rings is 2. The van der Waals surface area contributed by atoms with E-state index < -0.39 is 11.4 Å². The summed E-state index contributed by atoms with van der Waals surface area (Å²) in [5.41, 5.74) is 0.922. The molecule has 142 valence electrons. The molecule has 3 N–H and O–H groups in total. The maximum absolute atomic E-state index is 12.7. The number of nitrogens with one attached hydrogen (secondary N) is 1. The second kappa shape index (κ2) is 7.77. The summed E-state index contributed by atoms with van der Waals surface area (Å²) in [7, 11) is 1.68. The van der Waals surface area contributed by atoms with Gasteiger partial charge in [-0.15, -0.1) is 0 Å². The highest BCUT2D eigenvalue weighted by Crippen LogP contribution is 2.24. The predicted octanol–water partition coefficient (Wildman–Crippen LogP) is 1.63. The lowest BCUT2D eigenvalue weighted by Crippen LogP contribution is -2.52. The highest BCUT2D eigenvalue weighted by atomic mass is 16.5. The summed E-state index contributed by atoms with van der Waals surface area (Å²) >= 11 is 0. The number of hydrogen-bond donors (Lipinski definition) is 3. The average molecular weight is 369 g/mol. The lowest BCUT2D eigenvalue weighted by atomic mass is 10.0. The molecule has 0 radical (unpaired) electrons. The monoisotopic (exact) mass is 369 g/mol. The van der Waals surface area contributed by atoms with Crippen LogP contribution in [0, 0.1) is 0 Å². The number of amides is 1. The van der Waals surface area contributed by atoms with Gasteiger partial charge in [0.1, 0.15) is 18.1 Å². The first-order valence-corrected chi connectivity index (χ1v) is 8.63. The van der Waals surface area contributed by atoms with Gasteiger partial charge in [-0.2, -0.15) is 5.10 Å². The first-order valence-electron chi connectivity index (χ1n) is 8.63. The van der Waals surface area contributed by atoms with Gasteiger partial charge in [0.05, 0.1) is 24.3 Å². The minimum atomic E-state index is -1.12. The molecule has 1 amide bonds. The van der Waals surface area contributed by atoms with Crippen molar-refractivity contribution < 1.29 is 19.7 Å². The van der Waals surface area contributed by atoms with Crippen molar-refractivity contribution in [2.75, 3.05) is 13.2 Å². The van der Waals surface area contributed by atoms with Gasteiger partial charge in [-0.3, -0.25) is 9.48 Å². The number of carbonyl (C=O) groups is 1. The van der Waals surface area contributed by atoms with E-state index in [2.05, 4.69) is 10.4 Å². The molecule has 0 aliphatic carbocycles. The maximum atomic E-state index is 12.7. The molecular formula is C20H23N3O4. The molecule has 0 fully saturated rings. The molecule has 7 heteroatoms. The van der Waals surface area contributed by atoms with Crippen molar-refractivity contribution in [3.05, 3.63) is 59.8 Å². The highest BCUT2D eigenvalue weighted by Gasteiger charge is 2.27. The van der Waals surface area contributed by atoms with Crippen molar-refractivity contribution in [1.82, 2.24) is 15.1 Å². The molecular weight excluding hydrogens is 346 g/mol. The number of ether oxygens (including phenoxy) is 1. The number of carbonyl (C=O) groups excluding carboxylic acids is 1. The van der Waals surface area contributed by atoms with E-state index in [0.29, 0.717) is 29.0 Å². The molecule has 27 heavy (non-hydrogen) atoms. The number of aliphatic hydroxyl groups excluding tert-OH is 2. The van der Waals surface area contributed by atoms with Gasteiger partial charge in [0, 0.05) is 12.4 Å². The van der Waals surface area contributed by atoms with Crippen LogP contribution in [0.3, 0.4) is 0 Å². The van der Waals surface area contributed by atoms with Crippen molar-refractivity contribution in [2.24, 2.45) is 7.05 Å². The smallest absolute Gasteiger partial charge is 0.270 e. The van der Waals surface area contributed by atoms with Crippen LogP contribution in [-0.4, -0.2) is 44.7 Å². The lowest BCUT2D eigenvalue weighted by molar-refractivity contribution is 0.0717. The van der Waals surface area contributed by atoms with Crippen molar-refractivity contribution in [3.63, 3.8) is 0 Å². The number of rotatable bonds is 7. The zero-order chi connectivity index (χ0) is 19.4. The van der Waals surface area contributed by atoms with Crippen LogP contribution >= 0.6 is 0 Å². The van der Waals surface area contributed by atoms with Crippen molar-refractivity contribution in [1.29, 1.82) is 0 Å². The molecule has 0 aliphatic heterocycles. The van der Waals surface area contributed by atoms with Gasteiger partial charge in [0.25, 0.3) is 5.91 Å². The summed E-state index contributed by atoms with van der Waals surface area (Å²) in [5.74, 6) is 0.200. The second-order valence-electron chi connectivity index (χ2n) is 6.76. The quantitative estimate of drug-likeness (QED) is 0.588. The number of aliphatic hydroxyl groups is 2. The topological polar surface area (TPSA) is 96.6 Å². The Morgan fingerprint density at radius 3 is 2.56 bits per heavy atom. The zero-order valence-electron chi connectivity index (χ0n) is 15.3. The summed E-state index contributed by atoms with van der Waals surface area (Å²) in [6.07, 6.45) is 0. The largest absolute Gasteiger partial charge is 0.489 e. The van der Waals surface area contributed by atoms with Gasteiger partial charge >= 0.3 is 0 Å². The fourth-order valence-corrected chi connectivity index (χ4v) is 2.74. The SMILES string of the molecule is Cn1nc2ccc(OCc3ccccc3)cc2c1C(=O)NC(C)(CO)CO. The van der Waals surface area contributed by atoms with Gasteiger partial charge in [0.2, 0.25) is 0 Å². The Bertz CT molecular complexity index is 933. The molecule has 0 spiro atoms. The summed E-state index contributed by atoms with van der Waals surface area (Å²) in [6.45, 7) is 1.23. The van der Waals surface area contributed by atoms with Crippen LogP contribution < -0.4 is 10.1 Å². The number of fused-ring (bicyclic) bond motifs is 1. The molecule has 7 nitrogen and oxygen atoms in total. The summed E-state index contributed by atoms with van der Waals surface area (Å²) in [4.78, 5) is 12.7. The van der Waals surface area contributed by atoms with Gasteiger partial charge in [-0.1, -0.05) is 30.3 Å². The van der Waals surface area contributed by atoms with Gasteiger partial charge in [-0.05, 0) is 30.7 Å². The van der Waals surface area contributed by atoms with Gasteiger partial charge in [0.15, 0.2) is 0 Å². The van der Waals surface area contributed by atoms with E-state index in [-0.39, 0.29) is 13.2 Å². The Hall–Kier alpha value is -2.90. The predicted molar refractivity (Wildman–Crippen MR) is 102 cm³/mol. The Morgan fingerprint density at radius 2 is 1.89 bits per heavy atom. The van der Waals surface area contributed by atoms with E-state index in [4.69, 9.17) is 4.74 Å². The molecule has 0 aliphatic rings. The first-order chi connectivity index (χ1) is 13.0. The number of nitrogens with zero attached hydrogens (tertiary/aromatic N) is 2. The van der Waals surface area contributed by atoms with Crippen molar-refractivity contribution in [3.8, 4) is 5.75 Å². The molecule has 0 unspecified atom stereocenters. The standard InChI is InChI=1S/C20H23N3O4/c1-20(12-24,13-25)21-19(26)18-16-10-15(8-9-17(16)22-23(18)2)27-11-14-6-4-3-5-7-14/h3-10,24-25H,11-13H2,1-2H3,(H,21,26). The van der Waals surface area contributed by atoms with Crippen LogP contribution in [0.15, 0.2) is 48.5 Å². The molecule has 0 saturated carbocycles. The van der Waals surface area contributed by atoms with E-state index in [1.165, 1.54) is 4.68 Å². The van der Waals surface area contributed by atoms with Crippen LogP contribution in [0.1, 0.15) is 23.0 Å². The third-order valence-corrected chi connectivity index (χ3v) is 4.38. The van der Waals surface area contributed by atoms with Crippen LogP contribution in [0.5, 0.6) is 5.75 Å². The van der Waals surface area contributed by atoms with Crippen LogP contribution in [-0.2, 0) is 13.7 Å². The fraction of sp³-hybridized carbons (Fsp3) is 0.300. The summed E-state index contributed by atoms with van der Waals surface area (Å²) in [6, 6.07) is 15.2. The molecule has 1 heterocycles. The highest BCUT2D eigenvalue weighted by molar-refractivity contribution is 6.05. The number of hydrogen-bond acceptors (Lipinski definition) is 5. The number of aromatic nitrogens is 2. The summed E-state index contributed by atoms with van der Waals surface area (Å²) < 4.78 is 7.32. The Balaban J connectivity index is 1.87. The first kappa shape index (κ1) is 18.9. The number of aryl methyl sites for hydroxylation is 1. The lowest BCUT2D eigenvalue weighted by Gasteiger charge is -2.26. The van der Waals surface area contributed by atoms with E-state index in [9.17, 15) is 15.0 Å². The van der Waals surface area contributed by atoms with E-state index in [1.54, 1.807) is 26.1 Å². The molecule has 0 saturated heterocycles. The van der Waals surface area contributed by atoms with Crippen molar-refractivity contribution in [2.45, 2.75) is 19.1 Å². The van der Waals surface area contributed by atoms with Gasteiger partial charge in [-0.25, -0.2) is 0 Å². The van der Waals surface area contributed by atoms with Crippen LogP contribution in [0.2, 0.25) is 0 Å². The molecule has 1 aromatic heterocycles. The third kappa shape index (κ3) is 4.10. The van der Waals surface area contributed by atoms with Gasteiger partial charge < -0.3 is 20.3 Å². The summed E-state index contributed by atoms with van der Waals surface area (Å²) in [5, 5.41) is 26.5. The minimum Gasteiger partial charge on any atom is -0.489 e. The van der Waals surface area contributed by atoms with E-state index >= 15 is 0 Å². The molecule has 0 bridgehead atoms. The Morgan fingerprint density at radius 1 is 1.19 bits per heavy atom. The van der Waals surface area contributed by atoms with E-state index in [1.807, 2.05) is 36.4 Å². The second-order valence-corrected chi connectivity index (χ2v) is 6.76. The maximum Gasteiger partial charge on any atom is 0.270 e. The van der Waals surface area contributed by atoms with Crippen LogP contribution in [0.4, 0.5) is 0 Å². The zero-order valence-corrected chi connectivity index (χ0v) is 15.3. The third-order valence-electron chi connectivity index (χ3n) is 4.38. The van der Waals surface area contributed by atoms with E-state index in [0.717, 1.165) is 5.56 Å². The van der Waals surface area contributed by atoms with Crippen molar-refractivity contribution >= 4 is 16.8 Å². The normalized spacial score (nSPS) is 11.6. The fourth-order valence-electron chi connectivity index (χ4n) is 2.74. The average Bonchev–Trinajstić information content (AvgIpc) is 3.02.